The van der Waals surface area contributed by atoms with Gasteiger partial charge < -0.3 is 14.8 Å². The van der Waals surface area contributed by atoms with Gasteiger partial charge in [-0.3, -0.25) is 4.79 Å². The van der Waals surface area contributed by atoms with Gasteiger partial charge in [-0.2, -0.15) is 0 Å². The van der Waals surface area contributed by atoms with Crippen LogP contribution in [0.15, 0.2) is 83.8 Å². The van der Waals surface area contributed by atoms with Crippen molar-refractivity contribution in [2.24, 2.45) is 0 Å². The lowest BCUT2D eigenvalue weighted by molar-refractivity contribution is 0.627. The van der Waals surface area contributed by atoms with Crippen molar-refractivity contribution in [2.45, 2.75) is 6.04 Å². The maximum Gasteiger partial charge on any atom is 0.258 e. The molecule has 1 atom stereocenters. The van der Waals surface area contributed by atoms with Gasteiger partial charge >= 0.3 is 0 Å². The summed E-state index contributed by atoms with van der Waals surface area (Å²) in [6.07, 6.45) is 5.74. The Kier molecular flexibility index (Phi) is 4.42. The van der Waals surface area contributed by atoms with Crippen LogP contribution in [0.2, 0.25) is 0 Å². The zero-order valence-electron chi connectivity index (χ0n) is 17.7. The molecule has 6 rings (SSSR count). The van der Waals surface area contributed by atoms with E-state index in [0.29, 0.717) is 10.6 Å². The predicted molar refractivity (Wildman–Crippen MR) is 132 cm³/mol. The summed E-state index contributed by atoms with van der Waals surface area (Å²) in [6.45, 7) is 0. The Bertz CT molecular complexity index is 1570. The van der Waals surface area contributed by atoms with Gasteiger partial charge in [-0.1, -0.05) is 41.9 Å². The Morgan fingerprint density at radius 3 is 2.48 bits per heavy atom. The van der Waals surface area contributed by atoms with Gasteiger partial charge in [-0.05, 0) is 54.1 Å². The third kappa shape index (κ3) is 3.00. The molecule has 0 saturated carbocycles. The number of aromatic nitrogens is 1. The first kappa shape index (κ1) is 19.8. The molecule has 162 valence electrons. The second kappa shape index (κ2) is 7.36. The van der Waals surface area contributed by atoms with Crippen molar-refractivity contribution >= 4 is 39.8 Å². The van der Waals surface area contributed by atoms with Crippen LogP contribution in [0.5, 0.6) is 0 Å². The van der Waals surface area contributed by atoms with Gasteiger partial charge in [-0.15, -0.1) is 0 Å². The molecule has 6 heteroatoms. The maximum absolute atomic E-state index is 13.8. The number of nitrogens with zero attached hydrogens (tertiary/aromatic N) is 2. The average Bonchev–Trinajstić information content (AvgIpc) is 3.03. The molecule has 1 N–H and O–H groups in total. The Labute approximate surface area is 194 Å². The molecular formula is C27H19ClFN3O. The minimum Gasteiger partial charge on any atom is -0.350 e. The molecule has 0 radical (unpaired) electrons. The molecule has 3 heterocycles. The van der Waals surface area contributed by atoms with Crippen LogP contribution in [0.1, 0.15) is 11.6 Å². The standard InChI is InChI=1S/C27H19ClFN3O/c1-31-14-13-20(28)19-11-12-22-24-21(30-27(33)25(24)26(19)31)15-23(16-5-3-2-4-6-16)32(22)18-9-7-17(29)8-10-18/h2-15,23H,1H3,(H,30,33). The molecule has 0 spiro atoms. The van der Waals surface area contributed by atoms with Crippen molar-refractivity contribution in [1.82, 2.24) is 4.98 Å². The first-order valence-electron chi connectivity index (χ1n) is 10.6. The normalized spacial score (nSPS) is 16.7. The number of fused-ring (bicyclic) bond motifs is 2. The Balaban J connectivity index is 1.73. The van der Waals surface area contributed by atoms with Crippen LogP contribution in [-0.4, -0.2) is 12.0 Å². The smallest absolute Gasteiger partial charge is 0.258 e. The zero-order valence-corrected chi connectivity index (χ0v) is 18.5. The predicted octanol–water partition coefficient (Wildman–Crippen LogP) is 4.60. The van der Waals surface area contributed by atoms with Crippen molar-refractivity contribution in [3.63, 3.8) is 0 Å². The number of benzene rings is 2. The lowest BCUT2D eigenvalue weighted by Gasteiger charge is -2.35. The molecule has 33 heavy (non-hydrogen) atoms. The molecule has 0 saturated heterocycles. The fourth-order valence-corrected chi connectivity index (χ4v) is 5.06. The number of hydrogen-bond donors (Lipinski definition) is 1. The molecule has 0 amide bonds. The van der Waals surface area contributed by atoms with E-state index in [0.717, 1.165) is 38.8 Å². The van der Waals surface area contributed by atoms with Crippen molar-refractivity contribution in [3.8, 4) is 11.1 Å². The first-order valence-corrected chi connectivity index (χ1v) is 11.0. The quantitative estimate of drug-likeness (QED) is 0.480. The number of anilines is 3. The second-order valence-electron chi connectivity index (χ2n) is 8.24. The van der Waals surface area contributed by atoms with Gasteiger partial charge in [0.05, 0.1) is 28.0 Å². The Morgan fingerprint density at radius 1 is 0.970 bits per heavy atom. The van der Waals surface area contributed by atoms with E-state index in [1.54, 1.807) is 12.1 Å². The van der Waals surface area contributed by atoms with Crippen LogP contribution in [-0.2, 0) is 0 Å². The molecule has 0 bridgehead atoms. The number of allylic oxidation sites excluding steroid dienone is 1. The summed E-state index contributed by atoms with van der Waals surface area (Å²) < 4.78 is 13.8. The van der Waals surface area contributed by atoms with Crippen molar-refractivity contribution in [3.05, 3.63) is 111 Å². The number of H-pyrrole nitrogens is 1. The van der Waals surface area contributed by atoms with E-state index in [2.05, 4.69) is 28.1 Å². The Hall–Kier alpha value is -3.83. The number of hydrogen-bond acceptors (Lipinski definition) is 3. The third-order valence-corrected chi connectivity index (χ3v) is 6.64. The highest BCUT2D eigenvalue weighted by atomic mass is 35.5. The highest BCUT2D eigenvalue weighted by Crippen LogP contribution is 2.44. The molecule has 0 aromatic heterocycles. The van der Waals surface area contributed by atoms with Crippen molar-refractivity contribution in [2.75, 3.05) is 16.8 Å². The number of nitrogens with one attached hydrogen (secondary N) is 1. The van der Waals surface area contributed by atoms with Crippen LogP contribution in [0.4, 0.5) is 21.5 Å². The van der Waals surface area contributed by atoms with E-state index < -0.39 is 0 Å². The largest absolute Gasteiger partial charge is 0.350 e. The molecule has 0 fully saturated rings. The first-order chi connectivity index (χ1) is 16.0. The summed E-state index contributed by atoms with van der Waals surface area (Å²) in [5.41, 5.74) is 4.75. The molecule has 3 aliphatic heterocycles. The molecular weight excluding hydrogens is 437 g/mol. The van der Waals surface area contributed by atoms with Crippen LogP contribution >= 0.6 is 11.6 Å². The fraction of sp³-hybridized carbons (Fsp3) is 0.0741. The van der Waals surface area contributed by atoms with Gasteiger partial charge in [0.25, 0.3) is 5.56 Å². The van der Waals surface area contributed by atoms with Gasteiger partial charge in [0, 0.05) is 35.1 Å². The average molecular weight is 456 g/mol. The monoisotopic (exact) mass is 455 g/mol. The van der Waals surface area contributed by atoms with E-state index in [4.69, 9.17) is 11.6 Å². The van der Waals surface area contributed by atoms with Crippen LogP contribution in [0.3, 0.4) is 0 Å². The van der Waals surface area contributed by atoms with Crippen molar-refractivity contribution < 1.29 is 4.39 Å². The number of rotatable bonds is 2. The van der Waals surface area contributed by atoms with E-state index in [-0.39, 0.29) is 17.4 Å². The van der Waals surface area contributed by atoms with Crippen LogP contribution in [0.25, 0.3) is 22.2 Å². The van der Waals surface area contributed by atoms with Gasteiger partial charge in [-0.25, -0.2) is 4.39 Å². The highest BCUT2D eigenvalue weighted by Gasteiger charge is 2.32. The SMILES string of the molecule is CN1C=CC(Cl)=c2ccc3c4c([nH]c(=O)c-4c21)=CC(c1ccccc1)N3c1ccc(F)cc1. The molecule has 1 unspecified atom stereocenters. The highest BCUT2D eigenvalue weighted by molar-refractivity contribution is 6.47. The zero-order chi connectivity index (χ0) is 22.7. The number of halogens is 2. The minimum atomic E-state index is -0.298. The minimum absolute atomic E-state index is 0.163. The summed E-state index contributed by atoms with van der Waals surface area (Å²) in [4.78, 5) is 20.4. The van der Waals surface area contributed by atoms with Crippen LogP contribution < -0.4 is 25.9 Å². The van der Waals surface area contributed by atoms with E-state index in [1.807, 2.05) is 54.6 Å². The fourth-order valence-electron chi connectivity index (χ4n) is 4.85. The summed E-state index contributed by atoms with van der Waals surface area (Å²) in [5.74, 6) is -0.298. The molecule has 2 aromatic rings. The summed E-state index contributed by atoms with van der Waals surface area (Å²) in [5, 5.41) is 2.14. The lowest BCUT2D eigenvalue weighted by atomic mass is 9.96. The molecule has 4 nitrogen and oxygen atoms in total. The van der Waals surface area contributed by atoms with Gasteiger partial charge in [0.2, 0.25) is 0 Å². The molecule has 2 aromatic carbocycles. The maximum atomic E-state index is 13.8. The lowest BCUT2D eigenvalue weighted by Crippen LogP contribution is -2.29. The van der Waals surface area contributed by atoms with Gasteiger partial charge in [0.1, 0.15) is 5.82 Å². The third-order valence-electron chi connectivity index (χ3n) is 6.31. The second-order valence-corrected chi connectivity index (χ2v) is 8.65. The summed E-state index contributed by atoms with van der Waals surface area (Å²) in [6, 6.07) is 20.3. The number of aromatic amines is 1. The summed E-state index contributed by atoms with van der Waals surface area (Å²) in [7, 11) is 1.91. The van der Waals surface area contributed by atoms with Crippen molar-refractivity contribution in [1.29, 1.82) is 0 Å². The molecule has 4 aliphatic rings. The van der Waals surface area contributed by atoms with E-state index >= 15 is 0 Å². The Morgan fingerprint density at radius 2 is 1.73 bits per heavy atom. The van der Waals surface area contributed by atoms with E-state index in [1.165, 1.54) is 12.1 Å². The molecule has 1 aliphatic carbocycles. The van der Waals surface area contributed by atoms with Crippen LogP contribution in [0, 0.1) is 5.82 Å². The van der Waals surface area contributed by atoms with Gasteiger partial charge in [0.15, 0.2) is 0 Å². The topological polar surface area (TPSA) is 39.3 Å². The van der Waals surface area contributed by atoms with E-state index in [9.17, 15) is 9.18 Å². The summed E-state index contributed by atoms with van der Waals surface area (Å²) >= 11 is 6.57.